The minimum Gasteiger partial charge on any atom is -0.377 e. The highest BCUT2D eigenvalue weighted by Crippen LogP contribution is 2.25. The normalized spacial score (nSPS) is 12.3. The lowest BCUT2D eigenvalue weighted by Gasteiger charge is -2.25. The summed E-state index contributed by atoms with van der Waals surface area (Å²) >= 11 is 0. The summed E-state index contributed by atoms with van der Waals surface area (Å²) in [7, 11) is 1.90. The summed E-state index contributed by atoms with van der Waals surface area (Å²) < 4.78 is 14.2. The number of nitrogens with zero attached hydrogens (tertiary/aromatic N) is 2. The van der Waals surface area contributed by atoms with Gasteiger partial charge in [-0.25, -0.2) is 4.39 Å². The fraction of sp³-hybridized carbons (Fsp3) is 0.353. The highest BCUT2D eigenvalue weighted by atomic mass is 19.1. The molecule has 21 heavy (non-hydrogen) atoms. The van der Waals surface area contributed by atoms with E-state index in [1.54, 1.807) is 6.20 Å². The predicted octanol–water partition coefficient (Wildman–Crippen LogP) is 4.24. The van der Waals surface area contributed by atoms with Gasteiger partial charge in [-0.3, -0.25) is 4.98 Å². The third-order valence-electron chi connectivity index (χ3n) is 3.62. The third-order valence-corrected chi connectivity index (χ3v) is 3.62. The fourth-order valence-electron chi connectivity index (χ4n) is 2.12. The summed E-state index contributed by atoms with van der Waals surface area (Å²) in [5.74, 6) is -0.218. The van der Waals surface area contributed by atoms with Crippen LogP contribution in [0.4, 0.5) is 15.8 Å². The minimum atomic E-state index is -0.218. The molecule has 1 aromatic carbocycles. The van der Waals surface area contributed by atoms with Gasteiger partial charge in [0.25, 0.3) is 0 Å². The van der Waals surface area contributed by atoms with E-state index < -0.39 is 0 Å². The Kier molecular flexibility index (Phi) is 4.78. The molecule has 0 aliphatic heterocycles. The van der Waals surface area contributed by atoms with Gasteiger partial charge < -0.3 is 10.2 Å². The second-order valence-electron chi connectivity index (χ2n) is 5.49. The van der Waals surface area contributed by atoms with Crippen LogP contribution in [-0.4, -0.2) is 18.1 Å². The van der Waals surface area contributed by atoms with Crippen molar-refractivity contribution in [2.75, 3.05) is 17.3 Å². The van der Waals surface area contributed by atoms with Crippen LogP contribution in [0.5, 0.6) is 0 Å². The first-order valence-corrected chi connectivity index (χ1v) is 7.19. The number of benzene rings is 1. The molecule has 0 radical (unpaired) electrons. The van der Waals surface area contributed by atoms with Crippen LogP contribution in [0.1, 0.15) is 32.5 Å². The molecule has 112 valence electrons. The van der Waals surface area contributed by atoms with Crippen molar-refractivity contribution in [2.45, 2.75) is 32.9 Å². The summed E-state index contributed by atoms with van der Waals surface area (Å²) in [5, 5.41) is 3.27. The summed E-state index contributed by atoms with van der Waals surface area (Å²) in [4.78, 5) is 6.22. The second-order valence-corrected chi connectivity index (χ2v) is 5.49. The van der Waals surface area contributed by atoms with Crippen LogP contribution in [0.3, 0.4) is 0 Å². The first-order valence-electron chi connectivity index (χ1n) is 7.19. The zero-order valence-corrected chi connectivity index (χ0v) is 13.0. The summed E-state index contributed by atoms with van der Waals surface area (Å²) in [6, 6.07) is 11.3. The largest absolute Gasteiger partial charge is 0.377 e. The molecule has 0 fully saturated rings. The number of hydrogen-bond acceptors (Lipinski definition) is 3. The third kappa shape index (κ3) is 3.72. The van der Waals surface area contributed by atoms with Crippen LogP contribution in [0.2, 0.25) is 0 Å². The van der Waals surface area contributed by atoms with Crippen molar-refractivity contribution in [2.24, 2.45) is 0 Å². The molecule has 0 saturated heterocycles. The van der Waals surface area contributed by atoms with Gasteiger partial charge in [0.1, 0.15) is 5.82 Å². The molecule has 1 aromatic heterocycles. The highest BCUT2D eigenvalue weighted by molar-refractivity contribution is 5.56. The predicted molar refractivity (Wildman–Crippen MR) is 86.2 cm³/mol. The average Bonchev–Trinajstić information content (AvgIpc) is 2.47. The van der Waals surface area contributed by atoms with Crippen molar-refractivity contribution >= 4 is 11.4 Å². The minimum absolute atomic E-state index is 0.0271. The lowest BCUT2D eigenvalue weighted by Crippen LogP contribution is -2.26. The first kappa shape index (κ1) is 15.3. The van der Waals surface area contributed by atoms with E-state index in [1.165, 1.54) is 6.07 Å². The molecule has 4 heteroatoms. The maximum Gasteiger partial charge on any atom is 0.148 e. The first-order chi connectivity index (χ1) is 9.99. The molecule has 3 nitrogen and oxygen atoms in total. The number of hydrogen-bond donors (Lipinski definition) is 1. The molecular weight excluding hydrogens is 265 g/mol. The van der Waals surface area contributed by atoms with Gasteiger partial charge in [0.05, 0.1) is 17.4 Å². The van der Waals surface area contributed by atoms with Gasteiger partial charge in [-0.15, -0.1) is 0 Å². The monoisotopic (exact) mass is 287 g/mol. The average molecular weight is 287 g/mol. The molecule has 1 unspecified atom stereocenters. The lowest BCUT2D eigenvalue weighted by molar-refractivity contribution is 0.613. The lowest BCUT2D eigenvalue weighted by atomic mass is 10.2. The fourth-order valence-corrected chi connectivity index (χ4v) is 2.12. The van der Waals surface area contributed by atoms with Crippen molar-refractivity contribution in [1.29, 1.82) is 0 Å². The zero-order chi connectivity index (χ0) is 15.4. The molecule has 0 spiro atoms. The van der Waals surface area contributed by atoms with Gasteiger partial charge in [-0.05, 0) is 51.1 Å². The van der Waals surface area contributed by atoms with E-state index in [4.69, 9.17) is 0 Å². The molecule has 2 aromatic rings. The summed E-state index contributed by atoms with van der Waals surface area (Å²) in [6.45, 7) is 6.08. The molecular formula is C17H22FN3. The van der Waals surface area contributed by atoms with Gasteiger partial charge in [-0.1, -0.05) is 6.07 Å². The molecule has 0 aliphatic rings. The Morgan fingerprint density at radius 2 is 1.90 bits per heavy atom. The topological polar surface area (TPSA) is 28.2 Å². The van der Waals surface area contributed by atoms with Crippen LogP contribution in [0, 0.1) is 5.82 Å². The maximum absolute atomic E-state index is 14.2. The SMILES string of the molecule is CC(Nc1ccc(N(C)C(C)C)c(F)c1)c1ccccn1. The molecule has 0 aliphatic carbocycles. The van der Waals surface area contributed by atoms with E-state index in [0.717, 1.165) is 11.4 Å². The number of rotatable bonds is 5. The Morgan fingerprint density at radius 3 is 2.48 bits per heavy atom. The quantitative estimate of drug-likeness (QED) is 0.891. The van der Waals surface area contributed by atoms with Crippen LogP contribution in [-0.2, 0) is 0 Å². The van der Waals surface area contributed by atoms with Gasteiger partial charge in [0.15, 0.2) is 0 Å². The molecule has 1 heterocycles. The van der Waals surface area contributed by atoms with E-state index in [0.29, 0.717) is 5.69 Å². The Bertz CT molecular complexity index is 584. The van der Waals surface area contributed by atoms with Crippen LogP contribution in [0.25, 0.3) is 0 Å². The van der Waals surface area contributed by atoms with Crippen molar-refractivity contribution < 1.29 is 4.39 Å². The van der Waals surface area contributed by atoms with Crippen LogP contribution in [0.15, 0.2) is 42.6 Å². The smallest absolute Gasteiger partial charge is 0.148 e. The van der Waals surface area contributed by atoms with Crippen molar-refractivity contribution in [1.82, 2.24) is 4.98 Å². The maximum atomic E-state index is 14.2. The van der Waals surface area contributed by atoms with Crippen LogP contribution >= 0.6 is 0 Å². The molecule has 0 amide bonds. The van der Waals surface area contributed by atoms with Gasteiger partial charge in [0.2, 0.25) is 0 Å². The Labute approximate surface area is 125 Å². The van der Waals surface area contributed by atoms with E-state index in [1.807, 2.05) is 63.1 Å². The van der Waals surface area contributed by atoms with Crippen molar-refractivity contribution in [3.63, 3.8) is 0 Å². The number of anilines is 2. The van der Waals surface area contributed by atoms with E-state index in [-0.39, 0.29) is 17.9 Å². The molecule has 0 bridgehead atoms. The standard InChI is InChI=1S/C17H22FN3/c1-12(2)21(4)17-9-8-14(11-15(17)18)20-13(3)16-7-5-6-10-19-16/h5-13,20H,1-4H3. The number of halogens is 1. The Morgan fingerprint density at radius 1 is 1.14 bits per heavy atom. The van der Waals surface area contributed by atoms with E-state index >= 15 is 0 Å². The Balaban J connectivity index is 2.14. The Hall–Kier alpha value is -2.10. The number of aromatic nitrogens is 1. The molecule has 2 rings (SSSR count). The van der Waals surface area contributed by atoms with Crippen molar-refractivity contribution in [3.05, 3.63) is 54.1 Å². The molecule has 0 saturated carbocycles. The van der Waals surface area contributed by atoms with E-state index in [9.17, 15) is 4.39 Å². The summed E-state index contributed by atoms with van der Waals surface area (Å²) in [5.41, 5.74) is 2.30. The molecule has 1 atom stereocenters. The van der Waals surface area contributed by atoms with Crippen molar-refractivity contribution in [3.8, 4) is 0 Å². The highest BCUT2D eigenvalue weighted by Gasteiger charge is 2.12. The second kappa shape index (κ2) is 6.57. The zero-order valence-electron chi connectivity index (χ0n) is 13.0. The van der Waals surface area contributed by atoms with Crippen LogP contribution < -0.4 is 10.2 Å². The van der Waals surface area contributed by atoms with E-state index in [2.05, 4.69) is 10.3 Å². The number of pyridine rings is 1. The summed E-state index contributed by atoms with van der Waals surface area (Å²) in [6.07, 6.45) is 1.76. The van der Waals surface area contributed by atoms with Gasteiger partial charge in [-0.2, -0.15) is 0 Å². The number of nitrogens with one attached hydrogen (secondary N) is 1. The molecule has 1 N–H and O–H groups in total. The van der Waals surface area contributed by atoms with Gasteiger partial charge in [0, 0.05) is 25.0 Å². The van der Waals surface area contributed by atoms with Gasteiger partial charge >= 0.3 is 0 Å².